The summed E-state index contributed by atoms with van der Waals surface area (Å²) >= 11 is 0. The number of rotatable bonds is 5. The number of aliphatic hydroxyl groups excluding tert-OH is 1. The number of imide groups is 1. The van der Waals surface area contributed by atoms with Crippen LogP contribution in [-0.2, 0) is 20.9 Å². The summed E-state index contributed by atoms with van der Waals surface area (Å²) in [4.78, 5) is 28.2. The largest absolute Gasteiger partial charge is 0.488 e. The first-order valence-electron chi connectivity index (χ1n) is 11.6. The lowest BCUT2D eigenvalue weighted by Crippen LogP contribution is -2.55. The SMILES string of the molecule is CC(C)[C@H]1C[C@@H]2C(=O)N(c3cccc(B(O)O)c3)C(=O)[C@@H]2[C@@H]2C[C@@H](c3ccc(CO)o3)O[C@]12O. The van der Waals surface area contributed by atoms with Gasteiger partial charge in [0.2, 0.25) is 11.8 Å². The Morgan fingerprint density at radius 2 is 1.91 bits per heavy atom. The third kappa shape index (κ3) is 3.44. The van der Waals surface area contributed by atoms with Gasteiger partial charge in [-0.15, -0.1) is 0 Å². The molecule has 2 saturated heterocycles. The molecule has 2 amide bonds. The molecular weight excluding hydrogens is 441 g/mol. The fraction of sp³-hybridized carbons (Fsp3) is 0.500. The van der Waals surface area contributed by atoms with E-state index in [4.69, 9.17) is 9.15 Å². The minimum absolute atomic E-state index is 0.0124. The van der Waals surface area contributed by atoms with Crippen LogP contribution in [0.3, 0.4) is 0 Å². The molecule has 3 heterocycles. The first-order valence-corrected chi connectivity index (χ1v) is 11.6. The molecule has 180 valence electrons. The number of ether oxygens (including phenoxy) is 1. The summed E-state index contributed by atoms with van der Waals surface area (Å²) in [5.41, 5.74) is 0.444. The molecule has 0 bridgehead atoms. The first-order chi connectivity index (χ1) is 16.2. The Balaban J connectivity index is 1.52. The van der Waals surface area contributed by atoms with Gasteiger partial charge in [0, 0.05) is 11.8 Å². The highest BCUT2D eigenvalue weighted by Crippen LogP contribution is 2.59. The van der Waals surface area contributed by atoms with E-state index in [0.29, 0.717) is 24.4 Å². The highest BCUT2D eigenvalue weighted by Gasteiger charge is 2.67. The minimum Gasteiger partial charge on any atom is -0.461 e. The fourth-order valence-electron chi connectivity index (χ4n) is 6.08. The van der Waals surface area contributed by atoms with Crippen molar-refractivity contribution in [2.24, 2.45) is 29.6 Å². The Hall–Kier alpha value is -2.50. The summed E-state index contributed by atoms with van der Waals surface area (Å²) < 4.78 is 11.8. The Kier molecular flexibility index (Phi) is 5.69. The third-order valence-electron chi connectivity index (χ3n) is 7.67. The average molecular weight is 469 g/mol. The lowest BCUT2D eigenvalue weighted by atomic mass is 9.62. The number of hydrogen-bond acceptors (Lipinski definition) is 8. The number of carbonyl (C=O) groups is 2. The van der Waals surface area contributed by atoms with Gasteiger partial charge in [0.15, 0.2) is 5.79 Å². The van der Waals surface area contributed by atoms with Gasteiger partial charge in [-0.1, -0.05) is 26.0 Å². The van der Waals surface area contributed by atoms with E-state index in [1.54, 1.807) is 24.3 Å². The zero-order valence-electron chi connectivity index (χ0n) is 19.0. The molecule has 10 heteroatoms. The molecule has 5 rings (SSSR count). The number of aliphatic hydroxyl groups is 2. The maximum atomic E-state index is 13.6. The van der Waals surface area contributed by atoms with E-state index in [0.717, 1.165) is 4.90 Å². The van der Waals surface area contributed by atoms with E-state index in [2.05, 4.69) is 0 Å². The van der Waals surface area contributed by atoms with Gasteiger partial charge in [0.05, 0.1) is 17.5 Å². The van der Waals surface area contributed by atoms with Crippen molar-refractivity contribution in [3.63, 3.8) is 0 Å². The van der Waals surface area contributed by atoms with E-state index < -0.39 is 42.7 Å². The zero-order valence-corrected chi connectivity index (χ0v) is 19.0. The van der Waals surface area contributed by atoms with Crippen LogP contribution in [0.25, 0.3) is 0 Å². The lowest BCUT2D eigenvalue weighted by Gasteiger charge is -2.46. The second kappa shape index (κ2) is 8.32. The molecule has 34 heavy (non-hydrogen) atoms. The standard InChI is InChI=1S/C24H28BNO8/c1-12(2)17-9-16-21(18-10-20(34-24(17,18)30)19-7-6-15(11-27)33-19)23(29)26(22(16)28)14-5-3-4-13(8-14)25(31)32/h3-8,12,16-18,20-21,27,30-32H,9-11H2,1-2H3/t16-,17+,18-,20-,21-,24+/m0/s1. The van der Waals surface area contributed by atoms with Gasteiger partial charge < -0.3 is 29.4 Å². The summed E-state index contributed by atoms with van der Waals surface area (Å²) in [6.45, 7) is 3.65. The van der Waals surface area contributed by atoms with Crippen LogP contribution in [0.5, 0.6) is 0 Å². The zero-order chi connectivity index (χ0) is 24.4. The van der Waals surface area contributed by atoms with Gasteiger partial charge in [0.1, 0.15) is 24.2 Å². The first kappa shape index (κ1) is 23.3. The predicted molar refractivity (Wildman–Crippen MR) is 120 cm³/mol. The van der Waals surface area contributed by atoms with Crippen molar-refractivity contribution < 1.29 is 39.0 Å². The molecule has 9 nitrogen and oxygen atoms in total. The Labute approximate surface area is 197 Å². The number of amides is 2. The van der Waals surface area contributed by atoms with Crippen molar-refractivity contribution in [2.45, 2.75) is 45.2 Å². The van der Waals surface area contributed by atoms with Crippen molar-refractivity contribution in [1.29, 1.82) is 0 Å². The van der Waals surface area contributed by atoms with Crippen LogP contribution in [0.4, 0.5) is 5.69 Å². The van der Waals surface area contributed by atoms with Gasteiger partial charge in [-0.05, 0) is 48.5 Å². The normalized spacial score (nSPS) is 32.9. The summed E-state index contributed by atoms with van der Waals surface area (Å²) in [5.74, 6) is -3.94. The summed E-state index contributed by atoms with van der Waals surface area (Å²) in [7, 11) is -1.73. The van der Waals surface area contributed by atoms with Crippen LogP contribution in [0.2, 0.25) is 0 Å². The molecule has 1 saturated carbocycles. The topological polar surface area (TPSA) is 141 Å². The lowest BCUT2D eigenvalue weighted by molar-refractivity contribution is -0.277. The van der Waals surface area contributed by atoms with Gasteiger partial charge >= 0.3 is 7.12 Å². The average Bonchev–Trinajstić information content (AvgIpc) is 3.47. The fourth-order valence-corrected chi connectivity index (χ4v) is 6.08. The second-order valence-electron chi connectivity index (χ2n) is 9.86. The quantitative estimate of drug-likeness (QED) is 0.371. The van der Waals surface area contributed by atoms with Crippen LogP contribution in [0, 0.1) is 29.6 Å². The van der Waals surface area contributed by atoms with Crippen molar-refractivity contribution in [1.82, 2.24) is 0 Å². The number of furan rings is 1. The van der Waals surface area contributed by atoms with E-state index in [-0.39, 0.29) is 35.5 Å². The smallest absolute Gasteiger partial charge is 0.461 e. The molecule has 0 spiro atoms. The Morgan fingerprint density at radius 1 is 1.15 bits per heavy atom. The number of nitrogens with zero attached hydrogens (tertiary/aromatic N) is 1. The van der Waals surface area contributed by atoms with E-state index >= 15 is 0 Å². The number of carbonyl (C=O) groups excluding carboxylic acids is 2. The van der Waals surface area contributed by atoms with Crippen molar-refractivity contribution in [2.75, 3.05) is 4.90 Å². The molecular formula is C24H28BNO8. The molecule has 0 radical (unpaired) electrons. The van der Waals surface area contributed by atoms with Gasteiger partial charge in [-0.2, -0.15) is 0 Å². The Bertz CT molecular complexity index is 1120. The number of fused-ring (bicyclic) bond motifs is 3. The highest BCUT2D eigenvalue weighted by molar-refractivity contribution is 6.58. The predicted octanol–water partition coefficient (Wildman–Crippen LogP) is 0.700. The van der Waals surface area contributed by atoms with Gasteiger partial charge in [0.25, 0.3) is 0 Å². The van der Waals surface area contributed by atoms with Crippen molar-refractivity contribution in [3.8, 4) is 0 Å². The molecule has 3 aliphatic rings. The monoisotopic (exact) mass is 469 g/mol. The number of benzene rings is 1. The van der Waals surface area contributed by atoms with Crippen molar-refractivity contribution >= 4 is 30.1 Å². The summed E-state index contributed by atoms with van der Waals surface area (Å²) in [5, 5.41) is 40.2. The molecule has 2 aromatic rings. The van der Waals surface area contributed by atoms with Crippen LogP contribution in [0.15, 0.2) is 40.8 Å². The highest BCUT2D eigenvalue weighted by atomic mass is 16.6. The molecule has 1 aromatic carbocycles. The van der Waals surface area contributed by atoms with Gasteiger partial charge in [-0.25, -0.2) is 0 Å². The molecule has 1 aliphatic carbocycles. The number of hydrogen-bond donors (Lipinski definition) is 4. The molecule has 3 fully saturated rings. The molecule has 6 atom stereocenters. The number of anilines is 1. The minimum atomic E-state index is -1.73. The van der Waals surface area contributed by atoms with Crippen LogP contribution >= 0.6 is 0 Å². The van der Waals surface area contributed by atoms with Crippen molar-refractivity contribution in [3.05, 3.63) is 47.9 Å². The van der Waals surface area contributed by atoms with Crippen LogP contribution in [-0.4, -0.2) is 45.0 Å². The third-order valence-corrected chi connectivity index (χ3v) is 7.67. The van der Waals surface area contributed by atoms with E-state index in [1.807, 2.05) is 13.8 Å². The van der Waals surface area contributed by atoms with Crippen LogP contribution in [0.1, 0.15) is 44.3 Å². The Morgan fingerprint density at radius 3 is 2.56 bits per heavy atom. The van der Waals surface area contributed by atoms with E-state index in [9.17, 15) is 29.9 Å². The maximum Gasteiger partial charge on any atom is 0.488 e. The molecule has 4 N–H and O–H groups in total. The molecule has 1 aromatic heterocycles. The second-order valence-corrected chi connectivity index (χ2v) is 9.86. The molecule has 0 unspecified atom stereocenters. The van der Waals surface area contributed by atoms with E-state index in [1.165, 1.54) is 12.1 Å². The summed E-state index contributed by atoms with van der Waals surface area (Å²) in [6.07, 6.45) is -0.0207. The molecule has 2 aliphatic heterocycles. The van der Waals surface area contributed by atoms with Gasteiger partial charge in [-0.3, -0.25) is 14.5 Å². The summed E-state index contributed by atoms with van der Waals surface area (Å²) in [6, 6.07) is 9.39. The van der Waals surface area contributed by atoms with Crippen LogP contribution < -0.4 is 10.4 Å². The maximum absolute atomic E-state index is 13.6.